The van der Waals surface area contributed by atoms with Crippen molar-refractivity contribution >= 4 is 5.97 Å². The van der Waals surface area contributed by atoms with Gasteiger partial charge < -0.3 is 15.6 Å². The number of hydrogen-bond acceptors (Lipinski definition) is 3. The van der Waals surface area contributed by atoms with Crippen molar-refractivity contribution in [1.29, 1.82) is 0 Å². The molecule has 1 aliphatic heterocycles. The zero-order valence-electron chi connectivity index (χ0n) is 8.12. The Kier molecular flexibility index (Phi) is 2.93. The molecule has 3 atom stereocenters. The Morgan fingerprint density at radius 2 is 2.31 bits per heavy atom. The van der Waals surface area contributed by atoms with E-state index in [0.29, 0.717) is 6.54 Å². The monoisotopic (exact) mass is 187 g/mol. The Labute approximate surface area is 78.1 Å². The van der Waals surface area contributed by atoms with Crippen LogP contribution in [0.2, 0.25) is 0 Å². The molecule has 1 aliphatic rings. The van der Waals surface area contributed by atoms with Gasteiger partial charge in [0.15, 0.2) is 6.10 Å². The molecule has 13 heavy (non-hydrogen) atoms. The highest BCUT2D eigenvalue weighted by molar-refractivity contribution is 5.74. The third-order valence-electron chi connectivity index (χ3n) is 2.86. The first-order valence-corrected chi connectivity index (χ1v) is 4.64. The molecule has 0 bridgehead atoms. The topological polar surface area (TPSA) is 72.5 Å². The van der Waals surface area contributed by atoms with E-state index >= 15 is 0 Å². The Morgan fingerprint density at radius 1 is 1.69 bits per heavy atom. The van der Waals surface area contributed by atoms with Gasteiger partial charge in [0.25, 0.3) is 0 Å². The van der Waals surface area contributed by atoms with E-state index < -0.39 is 12.1 Å². The van der Waals surface area contributed by atoms with Crippen LogP contribution in [0, 0.1) is 5.41 Å². The molecule has 0 saturated carbocycles. The molecule has 1 fully saturated rings. The molecule has 0 amide bonds. The summed E-state index contributed by atoms with van der Waals surface area (Å²) in [7, 11) is 0. The van der Waals surface area contributed by atoms with Crippen LogP contribution < -0.4 is 5.73 Å². The van der Waals surface area contributed by atoms with E-state index in [9.17, 15) is 4.79 Å². The van der Waals surface area contributed by atoms with Gasteiger partial charge in [0.05, 0.1) is 6.10 Å². The molecule has 0 aromatic rings. The minimum atomic E-state index is -0.874. The van der Waals surface area contributed by atoms with Gasteiger partial charge in [-0.1, -0.05) is 20.3 Å². The Bertz CT molecular complexity index is 207. The summed E-state index contributed by atoms with van der Waals surface area (Å²) in [4.78, 5) is 10.8. The van der Waals surface area contributed by atoms with E-state index in [4.69, 9.17) is 15.6 Å². The van der Waals surface area contributed by atoms with Gasteiger partial charge in [-0.2, -0.15) is 0 Å². The second-order valence-electron chi connectivity index (χ2n) is 3.83. The fourth-order valence-electron chi connectivity index (χ4n) is 2.07. The van der Waals surface area contributed by atoms with E-state index in [1.807, 2.05) is 13.8 Å². The van der Waals surface area contributed by atoms with Gasteiger partial charge in [-0.3, -0.25) is 0 Å². The molecule has 4 nitrogen and oxygen atoms in total. The zero-order chi connectivity index (χ0) is 10.1. The summed E-state index contributed by atoms with van der Waals surface area (Å²) in [6, 6.07) is 0. The molecule has 0 spiro atoms. The molecular formula is C9H17NO3. The summed E-state index contributed by atoms with van der Waals surface area (Å²) in [5.41, 5.74) is 5.22. The molecule has 3 unspecified atom stereocenters. The van der Waals surface area contributed by atoms with Crippen LogP contribution in [0.4, 0.5) is 0 Å². The molecule has 1 heterocycles. The third-order valence-corrected chi connectivity index (χ3v) is 2.86. The number of nitrogens with two attached hydrogens (primary N) is 1. The molecule has 3 N–H and O–H groups in total. The maximum absolute atomic E-state index is 10.8. The van der Waals surface area contributed by atoms with Crippen molar-refractivity contribution < 1.29 is 14.6 Å². The average Bonchev–Trinajstić information content (AvgIpc) is 2.03. The lowest BCUT2D eigenvalue weighted by atomic mass is 9.70. The largest absolute Gasteiger partial charge is 0.479 e. The summed E-state index contributed by atoms with van der Waals surface area (Å²) in [6.07, 6.45) is 1.06. The fraction of sp³-hybridized carbons (Fsp3) is 0.889. The molecule has 0 radical (unpaired) electrons. The minimum Gasteiger partial charge on any atom is -0.479 e. The zero-order valence-corrected chi connectivity index (χ0v) is 8.12. The maximum Gasteiger partial charge on any atom is 0.333 e. The summed E-state index contributed by atoms with van der Waals surface area (Å²) in [5, 5.41) is 8.84. The van der Waals surface area contributed by atoms with E-state index in [1.165, 1.54) is 0 Å². The van der Waals surface area contributed by atoms with E-state index in [0.717, 1.165) is 12.8 Å². The Morgan fingerprint density at radius 3 is 2.69 bits per heavy atom. The quantitative estimate of drug-likeness (QED) is 0.676. The molecule has 0 aromatic heterocycles. The first-order chi connectivity index (χ1) is 6.06. The van der Waals surface area contributed by atoms with Crippen LogP contribution in [0.1, 0.15) is 26.7 Å². The molecule has 4 heteroatoms. The van der Waals surface area contributed by atoms with Gasteiger partial charge >= 0.3 is 5.97 Å². The number of carbonyl (C=O) groups is 1. The van der Waals surface area contributed by atoms with Crippen LogP contribution >= 0.6 is 0 Å². The molecule has 1 rings (SSSR count). The second-order valence-corrected chi connectivity index (χ2v) is 3.83. The number of aliphatic carboxylic acids is 1. The fourth-order valence-corrected chi connectivity index (χ4v) is 2.07. The van der Waals surface area contributed by atoms with Crippen molar-refractivity contribution in [3.63, 3.8) is 0 Å². The van der Waals surface area contributed by atoms with Crippen LogP contribution in [0.5, 0.6) is 0 Å². The molecule has 0 aromatic carbocycles. The number of rotatable bonds is 4. The van der Waals surface area contributed by atoms with Crippen molar-refractivity contribution in [2.24, 2.45) is 11.1 Å². The highest BCUT2D eigenvalue weighted by Crippen LogP contribution is 2.44. The van der Waals surface area contributed by atoms with Crippen LogP contribution in [0.15, 0.2) is 0 Å². The first-order valence-electron chi connectivity index (χ1n) is 4.64. The van der Waals surface area contributed by atoms with Gasteiger partial charge in [-0.05, 0) is 6.42 Å². The number of carboxylic acids is 1. The minimum absolute atomic E-state index is 0.0893. The lowest BCUT2D eigenvalue weighted by Crippen LogP contribution is -2.63. The Hall–Kier alpha value is -0.610. The number of carboxylic acid groups (broad SMARTS) is 1. The predicted octanol–water partition coefficient (Wildman–Crippen LogP) is 0.603. The first kappa shape index (κ1) is 10.5. The highest BCUT2D eigenvalue weighted by Gasteiger charge is 2.55. The van der Waals surface area contributed by atoms with E-state index in [-0.39, 0.29) is 11.5 Å². The van der Waals surface area contributed by atoms with Gasteiger partial charge in [0.1, 0.15) is 0 Å². The molecular weight excluding hydrogens is 170 g/mol. The number of hydrogen-bond donors (Lipinski definition) is 2. The van der Waals surface area contributed by atoms with E-state index in [2.05, 4.69) is 0 Å². The summed E-state index contributed by atoms with van der Waals surface area (Å²) < 4.78 is 5.19. The van der Waals surface area contributed by atoms with Crippen molar-refractivity contribution in [3.8, 4) is 0 Å². The lowest BCUT2D eigenvalue weighted by molar-refractivity contribution is -0.244. The van der Waals surface area contributed by atoms with Crippen molar-refractivity contribution in [3.05, 3.63) is 0 Å². The predicted molar refractivity (Wildman–Crippen MR) is 48.4 cm³/mol. The summed E-state index contributed by atoms with van der Waals surface area (Å²) in [6.45, 7) is 4.38. The summed E-state index contributed by atoms with van der Waals surface area (Å²) >= 11 is 0. The van der Waals surface area contributed by atoms with Crippen LogP contribution in [0.25, 0.3) is 0 Å². The van der Waals surface area contributed by atoms with Crippen molar-refractivity contribution in [1.82, 2.24) is 0 Å². The van der Waals surface area contributed by atoms with Crippen LogP contribution in [-0.2, 0) is 9.53 Å². The van der Waals surface area contributed by atoms with Crippen molar-refractivity contribution in [2.45, 2.75) is 38.9 Å². The van der Waals surface area contributed by atoms with Crippen molar-refractivity contribution in [2.75, 3.05) is 6.54 Å². The van der Waals surface area contributed by atoms with Gasteiger partial charge in [-0.15, -0.1) is 0 Å². The normalized spacial score (nSPS) is 38.4. The van der Waals surface area contributed by atoms with E-state index in [1.54, 1.807) is 0 Å². The van der Waals surface area contributed by atoms with Gasteiger partial charge in [0.2, 0.25) is 0 Å². The standard InChI is InChI=1S/C9H17NO3/c1-3-4-9(2)6(5-10)13-7(9)8(11)12/h6-7H,3-5,10H2,1-2H3,(H,11,12). The SMILES string of the molecule is CCCC1(C)C(CN)OC1C(=O)O. The Balaban J connectivity index is 2.67. The highest BCUT2D eigenvalue weighted by atomic mass is 16.6. The van der Waals surface area contributed by atoms with Gasteiger partial charge in [0, 0.05) is 12.0 Å². The molecule has 1 saturated heterocycles. The van der Waals surface area contributed by atoms with Gasteiger partial charge in [-0.25, -0.2) is 4.79 Å². The van der Waals surface area contributed by atoms with Crippen LogP contribution in [-0.4, -0.2) is 29.8 Å². The smallest absolute Gasteiger partial charge is 0.333 e. The maximum atomic E-state index is 10.8. The third kappa shape index (κ3) is 1.56. The lowest BCUT2D eigenvalue weighted by Gasteiger charge is -2.51. The molecule has 0 aliphatic carbocycles. The van der Waals surface area contributed by atoms with Crippen LogP contribution in [0.3, 0.4) is 0 Å². The summed E-state index contributed by atoms with van der Waals surface area (Å²) in [5.74, 6) is -0.874. The molecule has 76 valence electrons. The number of ether oxygens (including phenoxy) is 1. The second kappa shape index (κ2) is 3.64. The average molecular weight is 187 g/mol.